The molecule has 1 aliphatic rings. The third-order valence-electron chi connectivity index (χ3n) is 4.18. The standard InChI is InChI=1S/C21H14N2O4S/c22-10-13-5-1-3-7-16(13)23-19(24)12-27-21(25)18-9-14-11-26-17-8-4-2-6-15(17)20(14)28-18/h1-9H,11-12H2,(H,23,24). The number of carbonyl (C=O) groups is 2. The molecular formula is C21H14N2O4S. The SMILES string of the molecule is N#Cc1ccccc1NC(=O)COC(=O)c1cc2c(s1)-c1ccccc1OC2. The van der Waals surface area contributed by atoms with Crippen molar-refractivity contribution in [3.8, 4) is 22.3 Å². The van der Waals surface area contributed by atoms with Gasteiger partial charge in [-0.25, -0.2) is 4.79 Å². The highest BCUT2D eigenvalue weighted by Crippen LogP contribution is 2.42. The Bertz CT molecular complexity index is 1110. The zero-order chi connectivity index (χ0) is 19.5. The maximum absolute atomic E-state index is 12.4. The monoisotopic (exact) mass is 390 g/mol. The number of carbonyl (C=O) groups excluding carboxylic acids is 2. The van der Waals surface area contributed by atoms with Crippen LogP contribution in [-0.2, 0) is 16.1 Å². The maximum atomic E-state index is 12.4. The van der Waals surface area contributed by atoms with Gasteiger partial charge in [-0.2, -0.15) is 5.26 Å². The molecule has 28 heavy (non-hydrogen) atoms. The number of nitrogens with one attached hydrogen (secondary N) is 1. The fourth-order valence-electron chi connectivity index (χ4n) is 2.88. The van der Waals surface area contributed by atoms with Crippen LogP contribution in [0.2, 0.25) is 0 Å². The smallest absolute Gasteiger partial charge is 0.348 e. The summed E-state index contributed by atoms with van der Waals surface area (Å²) >= 11 is 1.32. The zero-order valence-electron chi connectivity index (χ0n) is 14.6. The molecule has 0 atom stereocenters. The highest BCUT2D eigenvalue weighted by Gasteiger charge is 2.23. The number of anilines is 1. The van der Waals surface area contributed by atoms with Gasteiger partial charge in [-0.3, -0.25) is 4.79 Å². The van der Waals surface area contributed by atoms with E-state index in [2.05, 4.69) is 5.32 Å². The number of esters is 1. The van der Waals surface area contributed by atoms with Gasteiger partial charge in [-0.05, 0) is 30.3 Å². The second kappa shape index (κ2) is 7.55. The van der Waals surface area contributed by atoms with E-state index in [9.17, 15) is 9.59 Å². The Morgan fingerprint density at radius 2 is 1.96 bits per heavy atom. The van der Waals surface area contributed by atoms with Crippen molar-refractivity contribution < 1.29 is 19.1 Å². The number of para-hydroxylation sites is 2. The molecule has 7 heteroatoms. The van der Waals surface area contributed by atoms with Crippen molar-refractivity contribution in [3.05, 3.63) is 70.6 Å². The molecule has 3 aromatic rings. The van der Waals surface area contributed by atoms with Gasteiger partial charge in [-0.1, -0.05) is 24.3 Å². The minimum atomic E-state index is -0.569. The maximum Gasteiger partial charge on any atom is 0.348 e. The van der Waals surface area contributed by atoms with Gasteiger partial charge in [-0.15, -0.1) is 11.3 Å². The first-order valence-electron chi connectivity index (χ1n) is 8.46. The second-order valence-corrected chi connectivity index (χ2v) is 7.08. The summed E-state index contributed by atoms with van der Waals surface area (Å²) in [5, 5.41) is 11.6. The Morgan fingerprint density at radius 1 is 1.18 bits per heavy atom. The van der Waals surface area contributed by atoms with Crippen LogP contribution in [0, 0.1) is 11.3 Å². The van der Waals surface area contributed by atoms with Gasteiger partial charge in [0.25, 0.3) is 5.91 Å². The summed E-state index contributed by atoms with van der Waals surface area (Å²) in [5.74, 6) is -0.293. The molecule has 2 heterocycles. The fourth-order valence-corrected chi connectivity index (χ4v) is 3.97. The summed E-state index contributed by atoms with van der Waals surface area (Å²) in [7, 11) is 0. The molecule has 1 N–H and O–H groups in total. The molecule has 2 aromatic carbocycles. The predicted octanol–water partition coefficient (Wildman–Crippen LogP) is 3.97. The van der Waals surface area contributed by atoms with Crippen molar-refractivity contribution >= 4 is 28.9 Å². The second-order valence-electron chi connectivity index (χ2n) is 6.03. The Balaban J connectivity index is 1.42. The topological polar surface area (TPSA) is 88.4 Å². The van der Waals surface area contributed by atoms with Crippen LogP contribution in [0.15, 0.2) is 54.6 Å². The van der Waals surface area contributed by atoms with Crippen molar-refractivity contribution in [1.82, 2.24) is 0 Å². The number of hydrogen-bond donors (Lipinski definition) is 1. The largest absolute Gasteiger partial charge is 0.488 e. The fraction of sp³-hybridized carbons (Fsp3) is 0.0952. The molecule has 6 nitrogen and oxygen atoms in total. The van der Waals surface area contributed by atoms with E-state index < -0.39 is 18.5 Å². The van der Waals surface area contributed by atoms with Crippen molar-refractivity contribution in [2.45, 2.75) is 6.61 Å². The van der Waals surface area contributed by atoms with E-state index in [1.165, 1.54) is 11.3 Å². The van der Waals surface area contributed by atoms with E-state index in [1.54, 1.807) is 30.3 Å². The molecule has 0 unspecified atom stereocenters. The van der Waals surface area contributed by atoms with E-state index >= 15 is 0 Å². The first kappa shape index (κ1) is 17.8. The number of amides is 1. The summed E-state index contributed by atoms with van der Waals surface area (Å²) in [6.07, 6.45) is 0. The Kier molecular flexibility index (Phi) is 4.79. The summed E-state index contributed by atoms with van der Waals surface area (Å²) < 4.78 is 10.8. The molecule has 0 aliphatic carbocycles. The van der Waals surface area contributed by atoms with Gasteiger partial charge < -0.3 is 14.8 Å². The van der Waals surface area contributed by atoms with Gasteiger partial charge in [0.1, 0.15) is 23.3 Å². The Hall–Kier alpha value is -3.63. The molecule has 0 spiro atoms. The zero-order valence-corrected chi connectivity index (χ0v) is 15.4. The van der Waals surface area contributed by atoms with E-state index in [1.807, 2.05) is 30.3 Å². The van der Waals surface area contributed by atoms with Gasteiger partial charge in [0.05, 0.1) is 11.3 Å². The van der Waals surface area contributed by atoms with E-state index in [-0.39, 0.29) is 0 Å². The minimum Gasteiger partial charge on any atom is -0.488 e. The van der Waals surface area contributed by atoms with Crippen molar-refractivity contribution in [1.29, 1.82) is 5.26 Å². The predicted molar refractivity (Wildman–Crippen MR) is 104 cm³/mol. The average molecular weight is 390 g/mol. The molecule has 0 saturated carbocycles. The van der Waals surface area contributed by atoms with Gasteiger partial charge in [0.2, 0.25) is 0 Å². The molecule has 138 valence electrons. The highest BCUT2D eigenvalue weighted by molar-refractivity contribution is 7.17. The summed E-state index contributed by atoms with van der Waals surface area (Å²) in [6, 6.07) is 18.0. The normalized spacial score (nSPS) is 11.4. The van der Waals surface area contributed by atoms with Crippen molar-refractivity contribution in [3.63, 3.8) is 0 Å². The molecule has 0 saturated heterocycles. The summed E-state index contributed by atoms with van der Waals surface area (Å²) in [6.45, 7) is -0.0458. The van der Waals surface area contributed by atoms with Crippen LogP contribution in [0.5, 0.6) is 5.75 Å². The van der Waals surface area contributed by atoms with Gasteiger partial charge in [0.15, 0.2) is 6.61 Å². The quantitative estimate of drug-likeness (QED) is 0.681. The molecular weight excluding hydrogens is 376 g/mol. The molecule has 0 bridgehead atoms. The third-order valence-corrected chi connectivity index (χ3v) is 5.37. The highest BCUT2D eigenvalue weighted by atomic mass is 32.1. The summed E-state index contributed by atoms with van der Waals surface area (Å²) in [4.78, 5) is 25.8. The minimum absolute atomic E-state index is 0.340. The van der Waals surface area contributed by atoms with Crippen LogP contribution in [-0.4, -0.2) is 18.5 Å². The lowest BCUT2D eigenvalue weighted by Gasteiger charge is -2.16. The van der Waals surface area contributed by atoms with Crippen LogP contribution >= 0.6 is 11.3 Å². The Morgan fingerprint density at radius 3 is 2.82 bits per heavy atom. The van der Waals surface area contributed by atoms with E-state index in [4.69, 9.17) is 14.7 Å². The van der Waals surface area contributed by atoms with Crippen LogP contribution < -0.4 is 10.1 Å². The number of nitrogens with zero attached hydrogens (tertiary/aromatic N) is 1. The van der Waals surface area contributed by atoms with Crippen LogP contribution in [0.25, 0.3) is 10.4 Å². The van der Waals surface area contributed by atoms with Gasteiger partial charge >= 0.3 is 5.97 Å². The molecule has 0 fully saturated rings. The number of nitriles is 1. The lowest BCUT2D eigenvalue weighted by molar-refractivity contribution is -0.119. The molecule has 1 aromatic heterocycles. The third kappa shape index (κ3) is 3.46. The van der Waals surface area contributed by atoms with E-state index in [0.717, 1.165) is 21.8 Å². The number of thiophene rings is 1. The van der Waals surface area contributed by atoms with Crippen molar-refractivity contribution in [2.24, 2.45) is 0 Å². The number of fused-ring (bicyclic) bond motifs is 3. The number of rotatable bonds is 4. The molecule has 0 radical (unpaired) electrons. The van der Waals surface area contributed by atoms with Crippen LogP contribution in [0.3, 0.4) is 0 Å². The first-order valence-corrected chi connectivity index (χ1v) is 9.28. The van der Waals surface area contributed by atoms with Crippen LogP contribution in [0.4, 0.5) is 5.69 Å². The van der Waals surface area contributed by atoms with Gasteiger partial charge in [0, 0.05) is 16.0 Å². The Labute approximate surface area is 164 Å². The molecule has 1 aliphatic heterocycles. The number of hydrogen-bond acceptors (Lipinski definition) is 6. The molecule has 4 rings (SSSR count). The van der Waals surface area contributed by atoms with Crippen LogP contribution in [0.1, 0.15) is 20.8 Å². The lowest BCUT2D eigenvalue weighted by Crippen LogP contribution is -2.21. The van der Waals surface area contributed by atoms with E-state index in [0.29, 0.717) is 22.7 Å². The number of benzene rings is 2. The first-order chi connectivity index (χ1) is 13.7. The number of ether oxygens (including phenoxy) is 2. The lowest BCUT2D eigenvalue weighted by atomic mass is 10.1. The average Bonchev–Trinajstić information content (AvgIpc) is 3.17. The summed E-state index contributed by atoms with van der Waals surface area (Å²) in [5.41, 5.74) is 2.58. The molecule has 1 amide bonds. The van der Waals surface area contributed by atoms with Crippen molar-refractivity contribution in [2.75, 3.05) is 11.9 Å².